The third-order valence-corrected chi connectivity index (χ3v) is 4.04. The molecule has 0 radical (unpaired) electrons. The summed E-state index contributed by atoms with van der Waals surface area (Å²) >= 11 is 0. The van der Waals surface area contributed by atoms with E-state index in [2.05, 4.69) is 20.5 Å². The fourth-order valence-corrected chi connectivity index (χ4v) is 2.73. The van der Waals surface area contributed by atoms with Crippen molar-refractivity contribution in [2.45, 2.75) is 13.5 Å². The Morgan fingerprint density at radius 2 is 2.00 bits per heavy atom. The molecule has 4 aromatic rings. The quantitative estimate of drug-likeness (QED) is 0.596. The van der Waals surface area contributed by atoms with Gasteiger partial charge in [0.25, 0.3) is 0 Å². The SMILES string of the molecule is Cc1ccc2nc(NCc3ccc(C(=O)O)cc3)c3nncn3c2c1. The van der Waals surface area contributed by atoms with Crippen molar-refractivity contribution in [3.63, 3.8) is 0 Å². The van der Waals surface area contributed by atoms with E-state index in [-0.39, 0.29) is 5.56 Å². The van der Waals surface area contributed by atoms with E-state index in [1.54, 1.807) is 30.6 Å². The number of benzene rings is 2. The maximum Gasteiger partial charge on any atom is 0.335 e. The van der Waals surface area contributed by atoms with Gasteiger partial charge in [0, 0.05) is 6.54 Å². The van der Waals surface area contributed by atoms with Crippen LogP contribution in [-0.4, -0.2) is 30.7 Å². The molecule has 0 atom stereocenters. The van der Waals surface area contributed by atoms with Gasteiger partial charge in [-0.3, -0.25) is 4.40 Å². The van der Waals surface area contributed by atoms with E-state index in [4.69, 9.17) is 5.11 Å². The number of anilines is 1. The monoisotopic (exact) mass is 333 g/mol. The maximum atomic E-state index is 10.9. The Morgan fingerprint density at radius 3 is 2.76 bits per heavy atom. The number of fused-ring (bicyclic) bond motifs is 3. The Labute approximate surface area is 143 Å². The van der Waals surface area contributed by atoms with Crippen LogP contribution in [0.3, 0.4) is 0 Å². The maximum absolute atomic E-state index is 10.9. The van der Waals surface area contributed by atoms with Crippen LogP contribution in [0.25, 0.3) is 16.7 Å². The van der Waals surface area contributed by atoms with Gasteiger partial charge in [0.05, 0.1) is 16.6 Å². The molecule has 0 saturated heterocycles. The lowest BCUT2D eigenvalue weighted by Crippen LogP contribution is -2.05. The number of nitrogens with zero attached hydrogens (tertiary/aromatic N) is 4. The van der Waals surface area contributed by atoms with E-state index in [0.29, 0.717) is 18.0 Å². The molecular weight excluding hydrogens is 318 g/mol. The summed E-state index contributed by atoms with van der Waals surface area (Å²) in [6, 6.07) is 12.8. The lowest BCUT2D eigenvalue weighted by atomic mass is 10.1. The highest BCUT2D eigenvalue weighted by Crippen LogP contribution is 2.21. The van der Waals surface area contributed by atoms with Crippen molar-refractivity contribution in [3.8, 4) is 0 Å². The van der Waals surface area contributed by atoms with Gasteiger partial charge >= 0.3 is 5.97 Å². The molecule has 7 nitrogen and oxygen atoms in total. The lowest BCUT2D eigenvalue weighted by molar-refractivity contribution is 0.0697. The van der Waals surface area contributed by atoms with E-state index >= 15 is 0 Å². The molecule has 0 aliphatic rings. The number of carbonyl (C=O) groups is 1. The molecule has 124 valence electrons. The first-order chi connectivity index (χ1) is 12.1. The molecule has 2 aromatic heterocycles. The molecule has 25 heavy (non-hydrogen) atoms. The van der Waals surface area contributed by atoms with Gasteiger partial charge in [0.1, 0.15) is 6.33 Å². The number of carboxylic acid groups (broad SMARTS) is 1. The van der Waals surface area contributed by atoms with Crippen LogP contribution in [0.2, 0.25) is 0 Å². The van der Waals surface area contributed by atoms with Crippen molar-refractivity contribution >= 4 is 28.5 Å². The van der Waals surface area contributed by atoms with Crippen LogP contribution >= 0.6 is 0 Å². The highest BCUT2D eigenvalue weighted by molar-refractivity contribution is 5.87. The van der Waals surface area contributed by atoms with Gasteiger partial charge < -0.3 is 10.4 Å². The summed E-state index contributed by atoms with van der Waals surface area (Å²) in [5.41, 5.74) is 4.82. The topological polar surface area (TPSA) is 92.4 Å². The van der Waals surface area contributed by atoms with Crippen molar-refractivity contribution in [3.05, 3.63) is 65.5 Å². The second kappa shape index (κ2) is 5.86. The summed E-state index contributed by atoms with van der Waals surface area (Å²) in [5, 5.41) is 20.4. The van der Waals surface area contributed by atoms with Gasteiger partial charge in [-0.1, -0.05) is 18.2 Å². The van der Waals surface area contributed by atoms with Crippen molar-refractivity contribution in [2.75, 3.05) is 5.32 Å². The molecule has 2 N–H and O–H groups in total. The van der Waals surface area contributed by atoms with Crippen LogP contribution in [0.4, 0.5) is 5.82 Å². The minimum Gasteiger partial charge on any atom is -0.478 e. The highest BCUT2D eigenvalue weighted by atomic mass is 16.4. The second-order valence-corrected chi connectivity index (χ2v) is 5.83. The molecule has 0 aliphatic carbocycles. The Morgan fingerprint density at radius 1 is 1.20 bits per heavy atom. The van der Waals surface area contributed by atoms with E-state index in [1.165, 1.54) is 0 Å². The first-order valence-corrected chi connectivity index (χ1v) is 7.78. The Bertz CT molecular complexity index is 1090. The summed E-state index contributed by atoms with van der Waals surface area (Å²) in [7, 11) is 0. The molecule has 4 rings (SSSR count). The highest BCUT2D eigenvalue weighted by Gasteiger charge is 2.10. The fraction of sp³-hybridized carbons (Fsp3) is 0.111. The Kier molecular flexibility index (Phi) is 3.53. The van der Waals surface area contributed by atoms with E-state index in [0.717, 1.165) is 22.2 Å². The number of rotatable bonds is 4. The zero-order chi connectivity index (χ0) is 17.4. The van der Waals surface area contributed by atoms with Gasteiger partial charge in [-0.15, -0.1) is 10.2 Å². The number of hydrogen-bond donors (Lipinski definition) is 2. The van der Waals surface area contributed by atoms with Crippen LogP contribution in [0.1, 0.15) is 21.5 Å². The van der Waals surface area contributed by atoms with Gasteiger partial charge in [-0.05, 0) is 42.3 Å². The molecule has 0 aliphatic heterocycles. The van der Waals surface area contributed by atoms with Gasteiger partial charge in [0.2, 0.25) is 5.65 Å². The predicted octanol–water partition coefficient (Wildman–Crippen LogP) is 2.90. The van der Waals surface area contributed by atoms with Gasteiger partial charge in [0.15, 0.2) is 5.82 Å². The molecule has 2 heterocycles. The number of hydrogen-bond acceptors (Lipinski definition) is 5. The van der Waals surface area contributed by atoms with Crippen LogP contribution in [-0.2, 0) is 6.54 Å². The normalized spacial score (nSPS) is 11.1. The third kappa shape index (κ3) is 2.76. The zero-order valence-electron chi connectivity index (χ0n) is 13.5. The first kappa shape index (κ1) is 15.1. The largest absolute Gasteiger partial charge is 0.478 e. The average Bonchev–Trinajstić information content (AvgIpc) is 3.10. The van der Waals surface area contributed by atoms with Crippen molar-refractivity contribution in [2.24, 2.45) is 0 Å². The van der Waals surface area contributed by atoms with Crippen molar-refractivity contribution < 1.29 is 9.90 Å². The standard InChI is InChI=1S/C18H15N5O2/c1-11-2-7-14-15(8-11)23-10-20-22-17(23)16(21-14)19-9-12-3-5-13(6-4-12)18(24)25/h2-8,10H,9H2,1H3,(H,19,21)(H,24,25). The molecule has 0 bridgehead atoms. The van der Waals surface area contributed by atoms with E-state index in [1.807, 2.05) is 29.5 Å². The number of aryl methyl sites for hydroxylation is 1. The van der Waals surface area contributed by atoms with Crippen molar-refractivity contribution in [1.29, 1.82) is 0 Å². The van der Waals surface area contributed by atoms with Crippen LogP contribution in [0.5, 0.6) is 0 Å². The average molecular weight is 333 g/mol. The van der Waals surface area contributed by atoms with Gasteiger partial charge in [-0.2, -0.15) is 0 Å². The van der Waals surface area contributed by atoms with Crippen LogP contribution < -0.4 is 5.32 Å². The lowest BCUT2D eigenvalue weighted by Gasteiger charge is -2.10. The van der Waals surface area contributed by atoms with Crippen LogP contribution in [0.15, 0.2) is 48.8 Å². The van der Waals surface area contributed by atoms with E-state index < -0.39 is 5.97 Å². The second-order valence-electron chi connectivity index (χ2n) is 5.83. The molecule has 0 amide bonds. The number of nitrogens with one attached hydrogen (secondary N) is 1. The molecule has 2 aromatic carbocycles. The summed E-state index contributed by atoms with van der Waals surface area (Å²) in [4.78, 5) is 15.6. The molecule has 0 fully saturated rings. The van der Waals surface area contributed by atoms with Crippen molar-refractivity contribution in [1.82, 2.24) is 19.6 Å². The Hall–Kier alpha value is -3.48. The summed E-state index contributed by atoms with van der Waals surface area (Å²) in [6.07, 6.45) is 1.67. The molecular formula is C18H15N5O2. The number of carboxylic acids is 1. The molecule has 0 spiro atoms. The molecule has 7 heteroatoms. The number of aromatic nitrogens is 4. The third-order valence-electron chi connectivity index (χ3n) is 4.04. The molecule has 0 saturated carbocycles. The minimum atomic E-state index is -0.934. The minimum absolute atomic E-state index is 0.266. The predicted molar refractivity (Wildman–Crippen MR) is 93.8 cm³/mol. The smallest absolute Gasteiger partial charge is 0.335 e. The fourth-order valence-electron chi connectivity index (χ4n) is 2.73. The number of aromatic carboxylic acids is 1. The summed E-state index contributed by atoms with van der Waals surface area (Å²) in [6.45, 7) is 2.54. The zero-order valence-corrected chi connectivity index (χ0v) is 13.5. The first-order valence-electron chi connectivity index (χ1n) is 7.78. The summed E-state index contributed by atoms with van der Waals surface area (Å²) in [5.74, 6) is -0.299. The summed E-state index contributed by atoms with van der Waals surface area (Å²) < 4.78 is 1.91. The van der Waals surface area contributed by atoms with Gasteiger partial charge in [-0.25, -0.2) is 9.78 Å². The molecule has 0 unspecified atom stereocenters. The van der Waals surface area contributed by atoms with E-state index in [9.17, 15) is 4.79 Å². The van der Waals surface area contributed by atoms with Crippen LogP contribution in [0, 0.1) is 6.92 Å². The Balaban J connectivity index is 1.67.